The van der Waals surface area contributed by atoms with Crippen LogP contribution in [0.1, 0.15) is 38.5 Å². The summed E-state index contributed by atoms with van der Waals surface area (Å²) < 4.78 is 0. The second-order valence-corrected chi connectivity index (χ2v) is 7.10. The predicted octanol–water partition coefficient (Wildman–Crippen LogP) is -0.0453. The van der Waals surface area contributed by atoms with E-state index in [9.17, 15) is 14.4 Å². The van der Waals surface area contributed by atoms with Crippen LogP contribution in [0.15, 0.2) is 0 Å². The van der Waals surface area contributed by atoms with Crippen LogP contribution in [0.25, 0.3) is 0 Å². The van der Waals surface area contributed by atoms with Crippen molar-refractivity contribution in [2.75, 3.05) is 32.7 Å². The van der Waals surface area contributed by atoms with Crippen molar-refractivity contribution < 1.29 is 19.5 Å². The lowest BCUT2D eigenvalue weighted by molar-refractivity contribution is -0.138. The molecule has 2 atom stereocenters. The van der Waals surface area contributed by atoms with E-state index < -0.39 is 12.0 Å². The number of carbonyl (C=O) groups is 3. The lowest BCUT2D eigenvalue weighted by atomic mass is 9.92. The van der Waals surface area contributed by atoms with E-state index >= 15 is 0 Å². The first kappa shape index (κ1) is 22.7. The highest BCUT2D eigenvalue weighted by molar-refractivity contribution is 5.85. The van der Waals surface area contributed by atoms with E-state index in [-0.39, 0.29) is 36.7 Å². The number of carbonyl (C=O) groups excluding carboxylic acids is 2. The van der Waals surface area contributed by atoms with Crippen LogP contribution in [0.4, 0.5) is 0 Å². The Balaban J connectivity index is 0.00000338. The van der Waals surface area contributed by atoms with E-state index in [1.165, 1.54) is 0 Å². The number of nitrogens with two attached hydrogens (primary N) is 1. The summed E-state index contributed by atoms with van der Waals surface area (Å²) in [6.07, 6.45) is 5.23. The fourth-order valence-electron chi connectivity index (χ4n) is 3.52. The van der Waals surface area contributed by atoms with Crippen molar-refractivity contribution in [3.63, 3.8) is 0 Å². The van der Waals surface area contributed by atoms with Crippen molar-refractivity contribution in [3.8, 4) is 0 Å². The van der Waals surface area contributed by atoms with Gasteiger partial charge in [0, 0.05) is 26.1 Å². The molecule has 150 valence electrons. The minimum atomic E-state index is -1.14. The summed E-state index contributed by atoms with van der Waals surface area (Å²) >= 11 is 0. The smallest absolute Gasteiger partial charge is 0.322 e. The van der Waals surface area contributed by atoms with Crippen molar-refractivity contribution in [1.29, 1.82) is 0 Å². The third kappa shape index (κ3) is 7.09. The zero-order valence-corrected chi connectivity index (χ0v) is 15.9. The van der Waals surface area contributed by atoms with Crippen molar-refractivity contribution in [1.82, 2.24) is 15.5 Å². The van der Waals surface area contributed by atoms with Crippen molar-refractivity contribution in [3.05, 3.63) is 0 Å². The van der Waals surface area contributed by atoms with Crippen LogP contribution in [0.2, 0.25) is 0 Å². The van der Waals surface area contributed by atoms with Gasteiger partial charge in [-0.15, -0.1) is 12.4 Å². The molecule has 2 rings (SSSR count). The molecule has 0 aromatic rings. The third-order valence-corrected chi connectivity index (χ3v) is 5.18. The summed E-state index contributed by atoms with van der Waals surface area (Å²) in [6.45, 7) is 3.09. The molecule has 2 aliphatic heterocycles. The zero-order valence-electron chi connectivity index (χ0n) is 15.1. The highest BCUT2D eigenvalue weighted by atomic mass is 35.5. The standard InChI is InChI=1S/C17H30N4O4.ClH/c18-14(17(24)25)10-20-16(23)13-2-1-9-21(11-13)15(22)4-3-12-5-7-19-8-6-12;/h12-14,19H,1-11,18H2,(H,20,23)(H,24,25);1H/t13-,14?;/m1./s1. The van der Waals surface area contributed by atoms with E-state index in [4.69, 9.17) is 10.8 Å². The largest absolute Gasteiger partial charge is 0.480 e. The second kappa shape index (κ2) is 11.4. The lowest BCUT2D eigenvalue weighted by Gasteiger charge is -2.33. The Bertz CT molecular complexity index is 485. The first-order valence-corrected chi connectivity index (χ1v) is 9.22. The Hall–Kier alpha value is -1.38. The molecule has 0 radical (unpaired) electrons. The van der Waals surface area contributed by atoms with Gasteiger partial charge in [0.2, 0.25) is 11.8 Å². The maximum atomic E-state index is 12.4. The third-order valence-electron chi connectivity index (χ3n) is 5.18. The number of rotatable bonds is 7. The molecule has 5 N–H and O–H groups in total. The molecule has 26 heavy (non-hydrogen) atoms. The highest BCUT2D eigenvalue weighted by Crippen LogP contribution is 2.21. The predicted molar refractivity (Wildman–Crippen MR) is 100 cm³/mol. The molecule has 8 nitrogen and oxygen atoms in total. The summed E-state index contributed by atoms with van der Waals surface area (Å²) in [6, 6.07) is -1.10. The Kier molecular flexibility index (Phi) is 9.90. The number of hydrogen-bond donors (Lipinski definition) is 4. The lowest BCUT2D eigenvalue weighted by Crippen LogP contribution is -2.48. The van der Waals surface area contributed by atoms with E-state index in [2.05, 4.69) is 10.6 Å². The van der Waals surface area contributed by atoms with Gasteiger partial charge in [-0.05, 0) is 51.1 Å². The van der Waals surface area contributed by atoms with Crippen LogP contribution < -0.4 is 16.4 Å². The van der Waals surface area contributed by atoms with Gasteiger partial charge in [0.05, 0.1) is 5.92 Å². The number of hydrogen-bond acceptors (Lipinski definition) is 5. The molecule has 9 heteroatoms. The van der Waals surface area contributed by atoms with Gasteiger partial charge >= 0.3 is 5.97 Å². The van der Waals surface area contributed by atoms with Crippen LogP contribution in [0.5, 0.6) is 0 Å². The van der Waals surface area contributed by atoms with E-state index in [0.717, 1.165) is 38.8 Å². The van der Waals surface area contributed by atoms with E-state index in [0.29, 0.717) is 31.8 Å². The van der Waals surface area contributed by atoms with E-state index in [1.54, 1.807) is 4.90 Å². The van der Waals surface area contributed by atoms with Crippen LogP contribution >= 0.6 is 12.4 Å². The molecule has 0 spiro atoms. The number of piperidine rings is 2. The molecule has 2 amide bonds. The number of nitrogens with zero attached hydrogens (tertiary/aromatic N) is 1. The Morgan fingerprint density at radius 3 is 2.58 bits per heavy atom. The Morgan fingerprint density at radius 2 is 1.92 bits per heavy atom. The topological polar surface area (TPSA) is 125 Å². The minimum absolute atomic E-state index is 0. The molecule has 2 heterocycles. The van der Waals surface area contributed by atoms with Gasteiger partial charge in [-0.1, -0.05) is 0 Å². The van der Waals surface area contributed by atoms with Crippen LogP contribution in [0.3, 0.4) is 0 Å². The van der Waals surface area contributed by atoms with Gasteiger partial charge in [-0.2, -0.15) is 0 Å². The van der Waals surface area contributed by atoms with Gasteiger partial charge in [-0.25, -0.2) is 0 Å². The number of likely N-dealkylation sites (tertiary alicyclic amines) is 1. The Morgan fingerprint density at radius 1 is 1.23 bits per heavy atom. The molecule has 0 aromatic carbocycles. The molecule has 2 fully saturated rings. The molecule has 2 saturated heterocycles. The van der Waals surface area contributed by atoms with Gasteiger partial charge in [0.25, 0.3) is 0 Å². The van der Waals surface area contributed by atoms with Crippen LogP contribution in [-0.4, -0.2) is 66.6 Å². The number of carboxylic acids is 1. The van der Waals surface area contributed by atoms with Crippen molar-refractivity contribution in [2.24, 2.45) is 17.6 Å². The van der Waals surface area contributed by atoms with Crippen LogP contribution in [0, 0.1) is 11.8 Å². The average Bonchev–Trinajstić information content (AvgIpc) is 2.64. The van der Waals surface area contributed by atoms with Crippen LogP contribution in [-0.2, 0) is 14.4 Å². The number of carboxylic acid groups (broad SMARTS) is 1. The maximum absolute atomic E-state index is 12.4. The van der Waals surface area contributed by atoms with Gasteiger partial charge in [-0.3, -0.25) is 14.4 Å². The number of amides is 2. The fourth-order valence-corrected chi connectivity index (χ4v) is 3.52. The van der Waals surface area contributed by atoms with E-state index in [1.807, 2.05) is 0 Å². The normalized spacial score (nSPS) is 22.2. The highest BCUT2D eigenvalue weighted by Gasteiger charge is 2.29. The van der Waals surface area contributed by atoms with Gasteiger partial charge in [0.1, 0.15) is 6.04 Å². The molecular formula is C17H31ClN4O4. The summed E-state index contributed by atoms with van der Waals surface area (Å²) in [5.41, 5.74) is 5.40. The SMILES string of the molecule is Cl.NC(CNC(=O)[C@@H]1CCCN(C(=O)CCC2CCNCC2)C1)C(=O)O. The Labute approximate surface area is 160 Å². The first-order chi connectivity index (χ1) is 12.0. The molecule has 0 bridgehead atoms. The summed E-state index contributed by atoms with van der Waals surface area (Å²) in [4.78, 5) is 37.1. The number of halogens is 1. The quantitative estimate of drug-likeness (QED) is 0.483. The van der Waals surface area contributed by atoms with Crippen molar-refractivity contribution >= 4 is 30.2 Å². The second-order valence-electron chi connectivity index (χ2n) is 7.10. The van der Waals surface area contributed by atoms with Gasteiger partial charge in [0.15, 0.2) is 0 Å². The molecular weight excluding hydrogens is 360 g/mol. The number of nitrogens with one attached hydrogen (secondary N) is 2. The van der Waals surface area contributed by atoms with Gasteiger partial charge < -0.3 is 26.4 Å². The summed E-state index contributed by atoms with van der Waals surface area (Å²) in [5, 5.41) is 14.7. The zero-order chi connectivity index (χ0) is 18.2. The fraction of sp³-hybridized carbons (Fsp3) is 0.824. The first-order valence-electron chi connectivity index (χ1n) is 9.22. The summed E-state index contributed by atoms with van der Waals surface area (Å²) in [7, 11) is 0. The monoisotopic (exact) mass is 390 g/mol. The minimum Gasteiger partial charge on any atom is -0.480 e. The summed E-state index contributed by atoms with van der Waals surface area (Å²) in [5.74, 6) is -0.895. The molecule has 0 aliphatic carbocycles. The molecule has 0 saturated carbocycles. The molecule has 2 aliphatic rings. The maximum Gasteiger partial charge on any atom is 0.322 e. The van der Waals surface area contributed by atoms with Crippen molar-refractivity contribution in [2.45, 2.75) is 44.6 Å². The molecule has 0 aromatic heterocycles. The number of aliphatic carboxylic acids is 1. The average molecular weight is 391 g/mol. The molecule has 1 unspecified atom stereocenters.